The van der Waals surface area contributed by atoms with Crippen molar-refractivity contribution >= 4 is 21.4 Å². The SMILES string of the molecule is CCN(Cc1c(CNC)sc2ccccc12)C(C)C. The van der Waals surface area contributed by atoms with Crippen molar-refractivity contribution in [2.45, 2.75) is 39.9 Å². The lowest BCUT2D eigenvalue weighted by Crippen LogP contribution is -2.30. The Bertz CT molecular complexity index is 531. The highest BCUT2D eigenvalue weighted by molar-refractivity contribution is 7.19. The number of thiophene rings is 1. The van der Waals surface area contributed by atoms with Crippen LogP contribution in [0.25, 0.3) is 10.1 Å². The van der Waals surface area contributed by atoms with Gasteiger partial charge in [0.15, 0.2) is 0 Å². The zero-order chi connectivity index (χ0) is 13.8. The van der Waals surface area contributed by atoms with Gasteiger partial charge in [-0.3, -0.25) is 4.90 Å². The first-order chi connectivity index (χ1) is 9.17. The van der Waals surface area contributed by atoms with Crippen molar-refractivity contribution < 1.29 is 0 Å². The number of nitrogens with one attached hydrogen (secondary N) is 1. The molecule has 1 heterocycles. The minimum Gasteiger partial charge on any atom is -0.315 e. The molecule has 1 N–H and O–H groups in total. The molecule has 0 spiro atoms. The Morgan fingerprint density at radius 1 is 1.26 bits per heavy atom. The number of fused-ring (bicyclic) bond motifs is 1. The molecule has 3 heteroatoms. The molecule has 0 atom stereocenters. The Labute approximate surface area is 120 Å². The highest BCUT2D eigenvalue weighted by atomic mass is 32.1. The third kappa shape index (κ3) is 3.16. The van der Waals surface area contributed by atoms with Crippen molar-refractivity contribution in [1.29, 1.82) is 0 Å². The molecule has 0 amide bonds. The molecule has 2 rings (SSSR count). The second-order valence-corrected chi connectivity index (χ2v) is 6.32. The molecule has 0 bridgehead atoms. The van der Waals surface area contributed by atoms with Crippen LogP contribution in [0.15, 0.2) is 24.3 Å². The van der Waals surface area contributed by atoms with Gasteiger partial charge in [-0.2, -0.15) is 0 Å². The first kappa shape index (κ1) is 14.5. The second kappa shape index (κ2) is 6.51. The fourth-order valence-corrected chi connectivity index (χ4v) is 3.72. The van der Waals surface area contributed by atoms with E-state index in [1.165, 1.54) is 20.5 Å². The maximum absolute atomic E-state index is 3.30. The Morgan fingerprint density at radius 2 is 2.00 bits per heavy atom. The molecular formula is C16H24N2S. The summed E-state index contributed by atoms with van der Waals surface area (Å²) in [5.41, 5.74) is 1.51. The smallest absolute Gasteiger partial charge is 0.0349 e. The molecular weight excluding hydrogens is 252 g/mol. The van der Waals surface area contributed by atoms with Crippen molar-refractivity contribution in [1.82, 2.24) is 10.2 Å². The van der Waals surface area contributed by atoms with Gasteiger partial charge in [0, 0.05) is 28.7 Å². The summed E-state index contributed by atoms with van der Waals surface area (Å²) in [6, 6.07) is 9.35. The van der Waals surface area contributed by atoms with Gasteiger partial charge in [0.1, 0.15) is 0 Å². The summed E-state index contributed by atoms with van der Waals surface area (Å²) in [7, 11) is 2.02. The van der Waals surface area contributed by atoms with Crippen LogP contribution in [0.1, 0.15) is 31.2 Å². The first-order valence-corrected chi connectivity index (χ1v) is 7.87. The van der Waals surface area contributed by atoms with Crippen LogP contribution in [0.3, 0.4) is 0 Å². The topological polar surface area (TPSA) is 15.3 Å². The van der Waals surface area contributed by atoms with E-state index in [-0.39, 0.29) is 0 Å². The van der Waals surface area contributed by atoms with Gasteiger partial charge < -0.3 is 5.32 Å². The van der Waals surface area contributed by atoms with Crippen molar-refractivity contribution in [2.75, 3.05) is 13.6 Å². The minimum absolute atomic E-state index is 0.589. The number of hydrogen-bond acceptors (Lipinski definition) is 3. The monoisotopic (exact) mass is 276 g/mol. The average molecular weight is 276 g/mol. The molecule has 0 aliphatic rings. The second-order valence-electron chi connectivity index (χ2n) is 5.19. The van der Waals surface area contributed by atoms with Crippen molar-refractivity contribution in [3.05, 3.63) is 34.7 Å². The summed E-state index contributed by atoms with van der Waals surface area (Å²) < 4.78 is 1.41. The largest absolute Gasteiger partial charge is 0.315 e. The molecule has 2 aromatic rings. The van der Waals surface area contributed by atoms with Gasteiger partial charge in [-0.15, -0.1) is 11.3 Å². The maximum Gasteiger partial charge on any atom is 0.0349 e. The molecule has 0 unspecified atom stereocenters. The van der Waals surface area contributed by atoms with Crippen LogP contribution in [0.4, 0.5) is 0 Å². The molecule has 0 aliphatic heterocycles. The van der Waals surface area contributed by atoms with E-state index < -0.39 is 0 Å². The lowest BCUT2D eigenvalue weighted by atomic mass is 10.1. The Hall–Kier alpha value is -0.900. The molecule has 1 aromatic heterocycles. The molecule has 0 radical (unpaired) electrons. The zero-order valence-corrected chi connectivity index (χ0v) is 13.2. The molecule has 19 heavy (non-hydrogen) atoms. The summed E-state index contributed by atoms with van der Waals surface area (Å²) in [6.07, 6.45) is 0. The van der Waals surface area contributed by atoms with Crippen LogP contribution in [0, 0.1) is 0 Å². The van der Waals surface area contributed by atoms with Gasteiger partial charge in [-0.1, -0.05) is 25.1 Å². The van der Waals surface area contributed by atoms with Crippen LogP contribution in [-0.2, 0) is 13.1 Å². The minimum atomic E-state index is 0.589. The number of hydrogen-bond donors (Lipinski definition) is 1. The van der Waals surface area contributed by atoms with Gasteiger partial charge in [0.2, 0.25) is 0 Å². The summed E-state index contributed by atoms with van der Waals surface area (Å²) >= 11 is 1.92. The normalized spacial score (nSPS) is 11.9. The van der Waals surface area contributed by atoms with E-state index in [1.54, 1.807) is 0 Å². The van der Waals surface area contributed by atoms with Crippen LogP contribution in [0.5, 0.6) is 0 Å². The summed E-state index contributed by atoms with van der Waals surface area (Å²) in [5, 5.41) is 4.73. The molecule has 104 valence electrons. The van der Waals surface area contributed by atoms with Gasteiger partial charge >= 0.3 is 0 Å². The number of benzene rings is 1. The molecule has 0 fully saturated rings. The summed E-state index contributed by atoms with van der Waals surface area (Å²) in [4.78, 5) is 4.00. The highest BCUT2D eigenvalue weighted by Gasteiger charge is 2.15. The van der Waals surface area contributed by atoms with Crippen LogP contribution in [-0.4, -0.2) is 24.5 Å². The predicted molar refractivity (Wildman–Crippen MR) is 85.8 cm³/mol. The Kier molecular flexibility index (Phi) is 4.97. The maximum atomic E-state index is 3.30. The van der Waals surface area contributed by atoms with E-state index in [9.17, 15) is 0 Å². The number of rotatable bonds is 6. The first-order valence-electron chi connectivity index (χ1n) is 7.05. The van der Waals surface area contributed by atoms with Crippen molar-refractivity contribution in [2.24, 2.45) is 0 Å². The lowest BCUT2D eigenvalue weighted by molar-refractivity contribution is 0.225. The predicted octanol–water partition coefficient (Wildman–Crippen LogP) is 3.85. The standard InChI is InChI=1S/C16H24N2S/c1-5-18(12(2)3)11-14-13-8-6-7-9-15(13)19-16(14)10-17-4/h6-9,12,17H,5,10-11H2,1-4H3. The average Bonchev–Trinajstić information content (AvgIpc) is 2.73. The third-order valence-electron chi connectivity index (χ3n) is 3.62. The van der Waals surface area contributed by atoms with Crippen LogP contribution in [0.2, 0.25) is 0 Å². The van der Waals surface area contributed by atoms with Gasteiger partial charge in [-0.25, -0.2) is 0 Å². The Morgan fingerprint density at radius 3 is 2.63 bits per heavy atom. The molecule has 2 nitrogen and oxygen atoms in total. The van der Waals surface area contributed by atoms with E-state index in [1.807, 2.05) is 18.4 Å². The number of nitrogens with zero attached hydrogens (tertiary/aromatic N) is 1. The van der Waals surface area contributed by atoms with E-state index in [0.717, 1.165) is 19.6 Å². The van der Waals surface area contributed by atoms with Crippen LogP contribution >= 0.6 is 11.3 Å². The fourth-order valence-electron chi connectivity index (χ4n) is 2.49. The summed E-state index contributed by atoms with van der Waals surface area (Å²) in [6.45, 7) is 9.90. The van der Waals surface area contributed by atoms with Crippen molar-refractivity contribution in [3.63, 3.8) is 0 Å². The zero-order valence-electron chi connectivity index (χ0n) is 12.4. The molecule has 1 aromatic carbocycles. The third-order valence-corrected chi connectivity index (χ3v) is 4.83. The van der Waals surface area contributed by atoms with Crippen molar-refractivity contribution in [3.8, 4) is 0 Å². The lowest BCUT2D eigenvalue weighted by Gasteiger charge is -2.25. The molecule has 0 aliphatic carbocycles. The molecule has 0 saturated heterocycles. The van der Waals surface area contributed by atoms with E-state index in [2.05, 4.69) is 55.3 Å². The van der Waals surface area contributed by atoms with Gasteiger partial charge in [0.25, 0.3) is 0 Å². The van der Waals surface area contributed by atoms with Gasteiger partial charge in [0.05, 0.1) is 0 Å². The van der Waals surface area contributed by atoms with Crippen LogP contribution < -0.4 is 5.32 Å². The Balaban J connectivity index is 2.40. The van der Waals surface area contributed by atoms with E-state index in [4.69, 9.17) is 0 Å². The highest BCUT2D eigenvalue weighted by Crippen LogP contribution is 2.32. The fraction of sp³-hybridized carbons (Fsp3) is 0.500. The van der Waals surface area contributed by atoms with E-state index in [0.29, 0.717) is 6.04 Å². The summed E-state index contributed by atoms with van der Waals surface area (Å²) in [5.74, 6) is 0. The molecule has 0 saturated carbocycles. The van der Waals surface area contributed by atoms with Gasteiger partial charge in [-0.05, 0) is 44.5 Å². The van der Waals surface area contributed by atoms with E-state index >= 15 is 0 Å². The quantitative estimate of drug-likeness (QED) is 0.862.